The summed E-state index contributed by atoms with van der Waals surface area (Å²) in [5, 5.41) is 0. The predicted octanol–water partition coefficient (Wildman–Crippen LogP) is 2.80. The first-order valence-electron chi connectivity index (χ1n) is 3.07. The van der Waals surface area contributed by atoms with Crippen LogP contribution in [-0.2, 0) is 0 Å². The van der Waals surface area contributed by atoms with Crippen LogP contribution in [0.2, 0.25) is 0 Å². The molecule has 0 aliphatic rings. The van der Waals surface area contributed by atoms with E-state index in [9.17, 15) is 0 Å². The van der Waals surface area contributed by atoms with Gasteiger partial charge >= 0.3 is 0 Å². The van der Waals surface area contributed by atoms with E-state index in [1.165, 1.54) is 0 Å². The largest absolute Gasteiger partial charge is 0.671 e. The van der Waals surface area contributed by atoms with Crippen molar-refractivity contribution in [2.75, 3.05) is 0 Å². The van der Waals surface area contributed by atoms with Gasteiger partial charge in [-0.2, -0.15) is 0 Å². The molecule has 0 aliphatic carbocycles. The van der Waals surface area contributed by atoms with Crippen LogP contribution in [0.3, 0.4) is 0 Å². The molecule has 0 aromatic heterocycles. The van der Waals surface area contributed by atoms with Crippen molar-refractivity contribution in [3.05, 3.63) is 41.6 Å². The van der Waals surface area contributed by atoms with Crippen LogP contribution in [0.4, 0.5) is 0 Å². The lowest BCUT2D eigenvalue weighted by atomic mass is 10.1. The van der Waals surface area contributed by atoms with Crippen molar-refractivity contribution in [2.45, 2.75) is 13.0 Å². The molecule has 0 radical (unpaired) electrons. The van der Waals surface area contributed by atoms with E-state index in [0.29, 0.717) is 0 Å². The summed E-state index contributed by atoms with van der Waals surface area (Å²) in [6, 6.07) is 9.73. The van der Waals surface area contributed by atoms with E-state index in [4.69, 9.17) is 5.73 Å². The highest BCUT2D eigenvalue weighted by Crippen LogP contribution is 2.12. The molecule has 0 amide bonds. The fraction of sp³-hybridized carbons (Fsp3) is 0.250. The van der Waals surface area contributed by atoms with Crippen molar-refractivity contribution in [3.8, 4) is 0 Å². The summed E-state index contributed by atoms with van der Waals surface area (Å²) in [6.07, 6.45) is 0. The van der Waals surface area contributed by atoms with Crippen molar-refractivity contribution in [1.29, 1.82) is 0 Å². The molecule has 0 saturated carbocycles. The molecule has 0 fully saturated rings. The van der Waals surface area contributed by atoms with Crippen molar-refractivity contribution in [2.24, 2.45) is 0 Å². The van der Waals surface area contributed by atoms with Crippen molar-refractivity contribution < 1.29 is 0 Å². The minimum absolute atomic E-state index is 0.0915. The van der Waals surface area contributed by atoms with Gasteiger partial charge < -0.3 is 5.73 Å². The topological polar surface area (TPSA) is 23.8 Å². The van der Waals surface area contributed by atoms with E-state index in [0.717, 1.165) is 5.56 Å². The minimum Gasteiger partial charge on any atom is -0.671 e. The summed E-state index contributed by atoms with van der Waals surface area (Å²) < 4.78 is 0. The third-order valence-electron chi connectivity index (χ3n) is 1.30. The molecule has 0 bridgehead atoms. The second kappa shape index (κ2) is 2.65. The molecule has 1 N–H and O–H groups in total. The Labute approximate surface area is 55.5 Å². The molecule has 1 aromatic rings. The van der Waals surface area contributed by atoms with Gasteiger partial charge in [0.05, 0.1) is 0 Å². The Hall–Kier alpha value is -0.820. The predicted molar refractivity (Wildman–Crippen MR) is 39.2 cm³/mol. The Balaban J connectivity index is 2.85. The molecule has 0 unspecified atom stereocenters. The van der Waals surface area contributed by atoms with Crippen LogP contribution in [0.25, 0.3) is 5.73 Å². The van der Waals surface area contributed by atoms with Gasteiger partial charge in [-0.25, -0.2) is 0 Å². The monoisotopic (exact) mass is 120 g/mol. The van der Waals surface area contributed by atoms with Gasteiger partial charge in [0.1, 0.15) is 0 Å². The molecule has 1 atom stereocenters. The number of benzene rings is 1. The Morgan fingerprint density at radius 1 is 1.22 bits per heavy atom. The van der Waals surface area contributed by atoms with Gasteiger partial charge in [0, 0.05) is 0 Å². The summed E-state index contributed by atoms with van der Waals surface area (Å²) in [4.78, 5) is 0. The molecule has 1 rings (SSSR count). The van der Waals surface area contributed by atoms with Crippen molar-refractivity contribution >= 4 is 0 Å². The summed E-state index contributed by atoms with van der Waals surface area (Å²) in [5.74, 6) is 0. The molecule has 0 spiro atoms. The Morgan fingerprint density at radius 2 is 1.78 bits per heavy atom. The van der Waals surface area contributed by atoms with E-state index in [1.807, 2.05) is 37.3 Å². The summed E-state index contributed by atoms with van der Waals surface area (Å²) in [5.41, 5.74) is 8.40. The third-order valence-corrected chi connectivity index (χ3v) is 1.30. The molecule has 1 nitrogen and oxygen atoms in total. The second-order valence-corrected chi connectivity index (χ2v) is 2.13. The van der Waals surface area contributed by atoms with E-state index in [-0.39, 0.29) is 6.04 Å². The van der Waals surface area contributed by atoms with E-state index >= 15 is 0 Å². The summed E-state index contributed by atoms with van der Waals surface area (Å²) in [7, 11) is 0. The normalized spacial score (nSPS) is 13.1. The Bertz CT molecular complexity index is 167. The first-order valence-corrected chi connectivity index (χ1v) is 3.07. The lowest BCUT2D eigenvalue weighted by Crippen LogP contribution is -1.82. The molecule has 0 heterocycles. The maximum absolute atomic E-state index is 7.32. The number of nitrogens with one attached hydrogen (secondary N) is 1. The molecule has 1 aromatic carbocycles. The highest BCUT2D eigenvalue weighted by atomic mass is 14.6. The molecule has 48 valence electrons. The standard InChI is InChI=1S/C8H10N/c1-7(9)8-5-3-2-4-6-8/h2-7,9H,1H3/q-1/t7-/m1/s1. The lowest BCUT2D eigenvalue weighted by Gasteiger charge is -2.12. The number of rotatable bonds is 1. The zero-order chi connectivity index (χ0) is 6.69. The fourth-order valence-corrected chi connectivity index (χ4v) is 0.742. The van der Waals surface area contributed by atoms with Crippen LogP contribution >= 0.6 is 0 Å². The van der Waals surface area contributed by atoms with Crippen LogP contribution in [0, 0.1) is 0 Å². The van der Waals surface area contributed by atoms with Gasteiger partial charge in [0.25, 0.3) is 0 Å². The second-order valence-electron chi connectivity index (χ2n) is 2.13. The van der Waals surface area contributed by atoms with Crippen LogP contribution in [0.5, 0.6) is 0 Å². The third kappa shape index (κ3) is 1.54. The van der Waals surface area contributed by atoms with Gasteiger partial charge in [-0.05, 0) is 0 Å². The van der Waals surface area contributed by atoms with Crippen LogP contribution in [-0.4, -0.2) is 0 Å². The fourth-order valence-electron chi connectivity index (χ4n) is 0.742. The highest BCUT2D eigenvalue weighted by Gasteiger charge is 1.86. The van der Waals surface area contributed by atoms with Crippen molar-refractivity contribution in [3.63, 3.8) is 0 Å². The van der Waals surface area contributed by atoms with Crippen LogP contribution in [0.15, 0.2) is 30.3 Å². The number of hydrogen-bond donors (Lipinski definition) is 0. The van der Waals surface area contributed by atoms with Crippen molar-refractivity contribution in [1.82, 2.24) is 0 Å². The molecular formula is C8H10N-. The Kier molecular flexibility index (Phi) is 1.85. The van der Waals surface area contributed by atoms with E-state index in [1.54, 1.807) is 0 Å². The maximum atomic E-state index is 7.32. The van der Waals surface area contributed by atoms with Crippen LogP contribution < -0.4 is 0 Å². The van der Waals surface area contributed by atoms with Gasteiger partial charge in [0.2, 0.25) is 0 Å². The average molecular weight is 120 g/mol. The van der Waals surface area contributed by atoms with E-state index in [2.05, 4.69) is 0 Å². The minimum atomic E-state index is -0.0915. The molecule has 0 aliphatic heterocycles. The van der Waals surface area contributed by atoms with Gasteiger partial charge in [-0.3, -0.25) is 0 Å². The first kappa shape index (κ1) is 6.30. The summed E-state index contributed by atoms with van der Waals surface area (Å²) in [6.45, 7) is 1.87. The van der Waals surface area contributed by atoms with Crippen LogP contribution in [0.1, 0.15) is 18.5 Å². The zero-order valence-electron chi connectivity index (χ0n) is 5.46. The molecule has 0 saturated heterocycles. The van der Waals surface area contributed by atoms with Gasteiger partial charge in [0.15, 0.2) is 0 Å². The summed E-state index contributed by atoms with van der Waals surface area (Å²) >= 11 is 0. The highest BCUT2D eigenvalue weighted by molar-refractivity contribution is 5.19. The lowest BCUT2D eigenvalue weighted by molar-refractivity contribution is 0.975. The zero-order valence-corrected chi connectivity index (χ0v) is 5.46. The smallest absolute Gasteiger partial charge is 0.0605 e. The quantitative estimate of drug-likeness (QED) is 0.544. The van der Waals surface area contributed by atoms with E-state index < -0.39 is 0 Å². The molecular weight excluding hydrogens is 110 g/mol. The maximum Gasteiger partial charge on any atom is -0.0605 e. The number of hydrogen-bond acceptors (Lipinski definition) is 0. The average Bonchev–Trinajstić information content (AvgIpc) is 1.90. The van der Waals surface area contributed by atoms with Gasteiger partial charge in [-0.1, -0.05) is 42.8 Å². The SMILES string of the molecule is C[C@@H]([NH-])c1ccccc1. The van der Waals surface area contributed by atoms with Gasteiger partial charge in [-0.15, -0.1) is 6.04 Å². The molecule has 1 heteroatoms. The first-order chi connectivity index (χ1) is 4.30. The molecule has 9 heavy (non-hydrogen) atoms. The Morgan fingerprint density at radius 3 is 2.11 bits per heavy atom.